The second-order valence-corrected chi connectivity index (χ2v) is 6.54. The fraction of sp³-hybridized carbons (Fsp3) is 0.412. The molecule has 0 saturated heterocycles. The highest BCUT2D eigenvalue weighted by molar-refractivity contribution is 7.17. The Hall–Kier alpha value is -1.68. The fourth-order valence-corrected chi connectivity index (χ4v) is 3.64. The molecule has 1 heterocycles. The van der Waals surface area contributed by atoms with Gasteiger partial charge in [0.15, 0.2) is 11.4 Å². The molecule has 0 N–H and O–H groups in total. The molecule has 4 heteroatoms. The predicted octanol–water partition coefficient (Wildman–Crippen LogP) is 4.25. The minimum Gasteiger partial charge on any atom is -0.348 e. The number of hydrogen-bond acceptors (Lipinski definition) is 4. The van der Waals surface area contributed by atoms with E-state index in [0.29, 0.717) is 0 Å². The molecule has 1 aromatic carbocycles. The van der Waals surface area contributed by atoms with Crippen LogP contribution in [0.2, 0.25) is 0 Å². The van der Waals surface area contributed by atoms with Gasteiger partial charge in [-0.25, -0.2) is 4.98 Å². The third-order valence-electron chi connectivity index (χ3n) is 4.15. The van der Waals surface area contributed by atoms with Gasteiger partial charge < -0.3 is 4.90 Å². The van der Waals surface area contributed by atoms with Crippen LogP contribution in [0.15, 0.2) is 30.3 Å². The van der Waals surface area contributed by atoms with Gasteiger partial charge in [-0.1, -0.05) is 48.1 Å². The number of benzene rings is 1. The Labute approximate surface area is 129 Å². The van der Waals surface area contributed by atoms with Crippen molar-refractivity contribution in [3.8, 4) is 11.3 Å². The lowest BCUT2D eigenvalue weighted by atomic mass is 9.85. The summed E-state index contributed by atoms with van der Waals surface area (Å²) >= 11 is 1.51. The second kappa shape index (κ2) is 6.39. The van der Waals surface area contributed by atoms with Crippen molar-refractivity contribution in [3.63, 3.8) is 0 Å². The van der Waals surface area contributed by atoms with Gasteiger partial charge in [0.1, 0.15) is 0 Å². The van der Waals surface area contributed by atoms with Crippen molar-refractivity contribution < 1.29 is 4.79 Å². The highest BCUT2D eigenvalue weighted by Crippen LogP contribution is 2.34. The lowest BCUT2D eigenvalue weighted by molar-refractivity contribution is 0.112. The minimum absolute atomic E-state index is 0.725. The zero-order valence-corrected chi connectivity index (χ0v) is 13.1. The monoisotopic (exact) mass is 300 g/mol. The van der Waals surface area contributed by atoms with Crippen molar-refractivity contribution in [2.45, 2.75) is 26.2 Å². The van der Waals surface area contributed by atoms with Crippen LogP contribution in [-0.2, 0) is 0 Å². The first-order valence-electron chi connectivity index (χ1n) is 7.58. The Kier molecular flexibility index (Phi) is 4.34. The Morgan fingerprint density at radius 2 is 2.10 bits per heavy atom. The fourth-order valence-electron chi connectivity index (χ4n) is 2.67. The molecular weight excluding hydrogens is 280 g/mol. The number of nitrogens with zero attached hydrogens (tertiary/aromatic N) is 2. The van der Waals surface area contributed by atoms with Gasteiger partial charge in [-0.05, 0) is 25.7 Å². The Morgan fingerprint density at radius 1 is 1.33 bits per heavy atom. The third kappa shape index (κ3) is 3.00. The summed E-state index contributed by atoms with van der Waals surface area (Å²) in [4.78, 5) is 19.2. The van der Waals surface area contributed by atoms with Crippen molar-refractivity contribution in [1.82, 2.24) is 4.98 Å². The molecule has 2 aromatic rings. The standard InChI is InChI=1S/C17H20N2OS/c1-2-19(11-13-7-6-8-13)17-18-16(15(12-20)21-17)14-9-4-3-5-10-14/h3-5,9-10,12-13H,2,6-8,11H2,1H3. The molecule has 0 radical (unpaired) electrons. The van der Waals surface area contributed by atoms with Gasteiger partial charge in [0, 0.05) is 18.7 Å². The Morgan fingerprint density at radius 3 is 2.67 bits per heavy atom. The van der Waals surface area contributed by atoms with E-state index in [9.17, 15) is 4.79 Å². The van der Waals surface area contributed by atoms with Crippen molar-refractivity contribution in [2.24, 2.45) is 5.92 Å². The number of thiazole rings is 1. The molecule has 0 bridgehead atoms. The number of hydrogen-bond donors (Lipinski definition) is 0. The molecule has 0 spiro atoms. The molecule has 1 fully saturated rings. The van der Waals surface area contributed by atoms with Gasteiger partial charge in [-0.2, -0.15) is 0 Å². The van der Waals surface area contributed by atoms with E-state index in [2.05, 4.69) is 11.8 Å². The number of anilines is 1. The number of rotatable bonds is 6. The zero-order valence-electron chi connectivity index (χ0n) is 12.3. The average molecular weight is 300 g/mol. The first-order valence-corrected chi connectivity index (χ1v) is 8.39. The highest BCUT2D eigenvalue weighted by atomic mass is 32.1. The topological polar surface area (TPSA) is 33.2 Å². The Bertz CT molecular complexity index is 605. The molecule has 1 aliphatic rings. The molecule has 0 amide bonds. The van der Waals surface area contributed by atoms with Gasteiger partial charge in [0.25, 0.3) is 0 Å². The van der Waals surface area contributed by atoms with E-state index in [1.165, 1.54) is 30.6 Å². The number of carbonyl (C=O) groups excluding carboxylic acids is 1. The summed E-state index contributed by atoms with van der Waals surface area (Å²) in [5.41, 5.74) is 1.83. The van der Waals surface area contributed by atoms with Crippen molar-refractivity contribution in [3.05, 3.63) is 35.2 Å². The molecule has 3 nitrogen and oxygen atoms in total. The first-order chi connectivity index (χ1) is 10.3. The molecule has 110 valence electrons. The van der Waals surface area contributed by atoms with E-state index in [4.69, 9.17) is 4.98 Å². The summed E-state index contributed by atoms with van der Waals surface area (Å²) in [5, 5.41) is 0.977. The van der Waals surface area contributed by atoms with Crippen LogP contribution in [0.4, 0.5) is 5.13 Å². The van der Waals surface area contributed by atoms with Crippen molar-refractivity contribution in [2.75, 3.05) is 18.0 Å². The van der Waals surface area contributed by atoms with Gasteiger partial charge >= 0.3 is 0 Å². The van der Waals surface area contributed by atoms with E-state index in [0.717, 1.165) is 46.6 Å². The molecule has 0 atom stereocenters. The molecule has 0 aliphatic heterocycles. The van der Waals surface area contributed by atoms with Crippen LogP contribution in [0.3, 0.4) is 0 Å². The van der Waals surface area contributed by atoms with E-state index in [-0.39, 0.29) is 0 Å². The van der Waals surface area contributed by atoms with Crippen LogP contribution in [0.1, 0.15) is 35.9 Å². The molecule has 1 aromatic heterocycles. The maximum absolute atomic E-state index is 11.4. The number of aldehydes is 1. The van der Waals surface area contributed by atoms with Crippen LogP contribution >= 0.6 is 11.3 Å². The largest absolute Gasteiger partial charge is 0.348 e. The van der Waals surface area contributed by atoms with Crippen molar-refractivity contribution in [1.29, 1.82) is 0 Å². The highest BCUT2D eigenvalue weighted by Gasteiger charge is 2.23. The normalized spacial score (nSPS) is 14.7. The summed E-state index contributed by atoms with van der Waals surface area (Å²) in [5.74, 6) is 0.800. The molecule has 1 aliphatic carbocycles. The van der Waals surface area contributed by atoms with Crippen LogP contribution in [0.25, 0.3) is 11.3 Å². The van der Waals surface area contributed by atoms with Crippen molar-refractivity contribution >= 4 is 22.8 Å². The molecule has 1 saturated carbocycles. The van der Waals surface area contributed by atoms with Gasteiger partial charge in [-0.15, -0.1) is 0 Å². The predicted molar refractivity (Wildman–Crippen MR) is 88.2 cm³/mol. The maximum atomic E-state index is 11.4. The summed E-state index contributed by atoms with van der Waals surface area (Å²) in [6, 6.07) is 9.96. The van der Waals surface area contributed by atoms with E-state index >= 15 is 0 Å². The molecular formula is C17H20N2OS. The van der Waals surface area contributed by atoms with Gasteiger partial charge in [0.05, 0.1) is 10.6 Å². The molecule has 21 heavy (non-hydrogen) atoms. The van der Waals surface area contributed by atoms with Crippen LogP contribution in [0, 0.1) is 5.92 Å². The van der Waals surface area contributed by atoms with Gasteiger partial charge in [0.2, 0.25) is 0 Å². The molecule has 0 unspecified atom stereocenters. The first kappa shape index (κ1) is 14.3. The van der Waals surface area contributed by atoms with E-state index in [1.807, 2.05) is 30.3 Å². The number of carbonyl (C=O) groups is 1. The van der Waals surface area contributed by atoms with E-state index < -0.39 is 0 Å². The smallest absolute Gasteiger partial charge is 0.186 e. The summed E-state index contributed by atoms with van der Waals surface area (Å²) in [6.45, 7) is 4.16. The van der Waals surface area contributed by atoms with E-state index in [1.54, 1.807) is 0 Å². The Balaban J connectivity index is 1.88. The average Bonchev–Trinajstić information content (AvgIpc) is 2.91. The summed E-state index contributed by atoms with van der Waals surface area (Å²) < 4.78 is 0. The summed E-state index contributed by atoms with van der Waals surface area (Å²) in [7, 11) is 0. The lowest BCUT2D eigenvalue weighted by Crippen LogP contribution is -2.32. The van der Waals surface area contributed by atoms with Gasteiger partial charge in [-0.3, -0.25) is 4.79 Å². The maximum Gasteiger partial charge on any atom is 0.186 e. The molecule has 3 rings (SSSR count). The zero-order chi connectivity index (χ0) is 14.7. The third-order valence-corrected chi connectivity index (χ3v) is 5.19. The second-order valence-electron chi connectivity index (χ2n) is 5.53. The van der Waals surface area contributed by atoms with Crippen LogP contribution in [0.5, 0.6) is 0 Å². The lowest BCUT2D eigenvalue weighted by Gasteiger charge is -2.31. The van der Waals surface area contributed by atoms with Crippen LogP contribution < -0.4 is 4.90 Å². The van der Waals surface area contributed by atoms with Crippen LogP contribution in [-0.4, -0.2) is 24.4 Å². The SMILES string of the molecule is CCN(CC1CCC1)c1nc(-c2ccccc2)c(C=O)s1. The number of aromatic nitrogens is 1. The summed E-state index contributed by atoms with van der Waals surface area (Å²) in [6.07, 6.45) is 4.94. The quantitative estimate of drug-likeness (QED) is 0.748. The minimum atomic E-state index is 0.725.